The minimum Gasteiger partial charge on any atom is -0.504 e. The Hall–Kier alpha value is -4.33. The summed E-state index contributed by atoms with van der Waals surface area (Å²) in [5.74, 6) is -5.42. The number of carbonyl (C=O) groups is 2. The number of aliphatic carboxylic acids is 2. The number of hydrogen-bond donors (Lipinski definition) is 9. The average Bonchev–Trinajstić information content (AvgIpc) is 2.99. The standard InChI is InChI=1S/C27H26O17/c28-10-7-8(5-6-12(10)41-26-18(34)14(30)16(32)22(43-26)24(36)37)20-21(13(29)9-3-1-2-4-11(9)40-20)42-27-19(35)15(31)17(33)23(44-27)25(38)39/h1-7,14-19,22-23,26-28,30-35H,(H,36,37)(H,38,39)/t14-,15-,16-,17-,18+,19+,22-,23-,26+,27+/m1/s1. The molecule has 0 aliphatic carbocycles. The third-order valence-electron chi connectivity index (χ3n) is 7.08. The van der Waals surface area contributed by atoms with E-state index in [-0.39, 0.29) is 22.3 Å². The summed E-state index contributed by atoms with van der Waals surface area (Å²) in [5, 5.41) is 90.0. The number of carboxylic acid groups (broad SMARTS) is 2. The van der Waals surface area contributed by atoms with Crippen LogP contribution < -0.4 is 14.9 Å². The van der Waals surface area contributed by atoms with Gasteiger partial charge in [-0.3, -0.25) is 4.79 Å². The van der Waals surface area contributed by atoms with Gasteiger partial charge in [0.05, 0.1) is 5.39 Å². The normalized spacial score (nSPS) is 32.2. The third kappa shape index (κ3) is 5.53. The van der Waals surface area contributed by atoms with Gasteiger partial charge in [-0.25, -0.2) is 9.59 Å². The summed E-state index contributed by atoms with van der Waals surface area (Å²) < 4.78 is 27.0. The first kappa shape index (κ1) is 31.1. The smallest absolute Gasteiger partial charge is 0.335 e. The summed E-state index contributed by atoms with van der Waals surface area (Å²) in [6.07, 6.45) is -19.8. The number of hydrogen-bond acceptors (Lipinski definition) is 15. The number of benzene rings is 2. The Kier molecular flexibility index (Phi) is 8.47. The number of carboxylic acids is 2. The van der Waals surface area contributed by atoms with E-state index in [1.54, 1.807) is 6.07 Å². The van der Waals surface area contributed by atoms with Crippen molar-refractivity contribution in [2.24, 2.45) is 0 Å². The van der Waals surface area contributed by atoms with Crippen LogP contribution in [0.3, 0.4) is 0 Å². The molecule has 9 N–H and O–H groups in total. The van der Waals surface area contributed by atoms with Crippen LogP contribution in [-0.2, 0) is 19.1 Å². The molecule has 1 aromatic heterocycles. The number of ether oxygens (including phenoxy) is 4. The highest BCUT2D eigenvalue weighted by Crippen LogP contribution is 2.38. The molecule has 0 radical (unpaired) electrons. The molecule has 2 saturated heterocycles. The third-order valence-corrected chi connectivity index (χ3v) is 7.08. The minimum absolute atomic E-state index is 0.00624. The number of aromatic hydroxyl groups is 1. The van der Waals surface area contributed by atoms with Gasteiger partial charge in [0.25, 0.3) is 0 Å². The monoisotopic (exact) mass is 622 g/mol. The maximum Gasteiger partial charge on any atom is 0.335 e. The quantitative estimate of drug-likeness (QED) is 0.134. The molecule has 0 amide bonds. The Morgan fingerprint density at radius 1 is 0.705 bits per heavy atom. The number of rotatable bonds is 7. The summed E-state index contributed by atoms with van der Waals surface area (Å²) in [6.45, 7) is 0. The van der Waals surface area contributed by atoms with E-state index in [1.807, 2.05) is 0 Å². The molecule has 0 unspecified atom stereocenters. The molecular formula is C27H26O17. The van der Waals surface area contributed by atoms with Crippen molar-refractivity contribution >= 4 is 22.9 Å². The van der Waals surface area contributed by atoms with Crippen molar-refractivity contribution in [2.45, 2.75) is 61.4 Å². The zero-order chi connectivity index (χ0) is 32.0. The van der Waals surface area contributed by atoms with Crippen molar-refractivity contribution in [1.82, 2.24) is 0 Å². The molecule has 44 heavy (non-hydrogen) atoms. The van der Waals surface area contributed by atoms with Crippen molar-refractivity contribution in [3.63, 3.8) is 0 Å². The number of para-hydroxylation sites is 1. The molecule has 236 valence electrons. The Labute approximate surface area is 244 Å². The van der Waals surface area contributed by atoms with Crippen LogP contribution in [0.25, 0.3) is 22.3 Å². The number of fused-ring (bicyclic) bond motifs is 1. The maximum atomic E-state index is 13.5. The fourth-order valence-corrected chi connectivity index (χ4v) is 4.72. The van der Waals surface area contributed by atoms with Crippen LogP contribution >= 0.6 is 0 Å². The van der Waals surface area contributed by atoms with E-state index < -0.39 is 96.0 Å². The fourth-order valence-electron chi connectivity index (χ4n) is 4.72. The highest BCUT2D eigenvalue weighted by molar-refractivity contribution is 5.82. The second-order valence-corrected chi connectivity index (χ2v) is 9.97. The summed E-state index contributed by atoms with van der Waals surface area (Å²) in [6, 6.07) is 9.21. The van der Waals surface area contributed by atoms with Gasteiger partial charge in [-0.15, -0.1) is 0 Å². The Morgan fingerprint density at radius 3 is 1.80 bits per heavy atom. The number of phenols is 1. The lowest BCUT2D eigenvalue weighted by molar-refractivity contribution is -0.271. The van der Waals surface area contributed by atoms with Gasteiger partial charge in [-0.1, -0.05) is 12.1 Å². The van der Waals surface area contributed by atoms with Crippen LogP contribution in [-0.4, -0.2) is 119 Å². The van der Waals surface area contributed by atoms with Crippen molar-refractivity contribution in [1.29, 1.82) is 0 Å². The first-order valence-electron chi connectivity index (χ1n) is 12.9. The van der Waals surface area contributed by atoms with E-state index in [1.165, 1.54) is 24.3 Å². The van der Waals surface area contributed by atoms with Gasteiger partial charge in [-0.2, -0.15) is 0 Å². The van der Waals surface area contributed by atoms with E-state index in [4.69, 9.17) is 23.4 Å². The van der Waals surface area contributed by atoms with E-state index in [2.05, 4.69) is 0 Å². The van der Waals surface area contributed by atoms with Crippen molar-refractivity contribution in [3.8, 4) is 28.6 Å². The minimum atomic E-state index is -2.04. The number of aliphatic hydroxyl groups excluding tert-OH is 6. The molecule has 2 aliphatic heterocycles. The van der Waals surface area contributed by atoms with E-state index >= 15 is 0 Å². The molecular weight excluding hydrogens is 596 g/mol. The Bertz CT molecular complexity index is 1620. The average molecular weight is 622 g/mol. The van der Waals surface area contributed by atoms with Crippen molar-refractivity contribution < 1.29 is 78.9 Å². The van der Waals surface area contributed by atoms with Crippen LogP contribution in [0, 0.1) is 0 Å². The van der Waals surface area contributed by atoms with Crippen molar-refractivity contribution in [2.75, 3.05) is 0 Å². The van der Waals surface area contributed by atoms with Gasteiger partial charge in [0.1, 0.15) is 42.2 Å². The van der Waals surface area contributed by atoms with Gasteiger partial charge in [-0.05, 0) is 30.3 Å². The van der Waals surface area contributed by atoms with Gasteiger partial charge in [0.15, 0.2) is 29.5 Å². The van der Waals surface area contributed by atoms with Gasteiger partial charge in [0, 0.05) is 5.56 Å². The predicted octanol–water partition coefficient (Wildman–Crippen LogP) is -2.29. The molecule has 0 bridgehead atoms. The Balaban J connectivity index is 1.51. The molecule has 3 heterocycles. The van der Waals surface area contributed by atoms with Crippen LogP contribution in [0.4, 0.5) is 0 Å². The lowest BCUT2D eigenvalue weighted by atomic mass is 9.99. The second-order valence-electron chi connectivity index (χ2n) is 9.97. The van der Waals surface area contributed by atoms with Crippen LogP contribution in [0.15, 0.2) is 51.7 Å². The lowest BCUT2D eigenvalue weighted by Gasteiger charge is -2.38. The highest BCUT2D eigenvalue weighted by atomic mass is 16.7. The molecule has 10 atom stereocenters. The molecule has 2 aromatic carbocycles. The van der Waals surface area contributed by atoms with E-state index in [0.29, 0.717) is 0 Å². The van der Waals surface area contributed by atoms with Crippen LogP contribution in [0.5, 0.6) is 17.2 Å². The first-order valence-corrected chi connectivity index (χ1v) is 12.9. The lowest BCUT2D eigenvalue weighted by Crippen LogP contribution is -2.61. The van der Waals surface area contributed by atoms with Gasteiger partial charge >= 0.3 is 11.9 Å². The van der Waals surface area contributed by atoms with Crippen LogP contribution in [0.1, 0.15) is 0 Å². The van der Waals surface area contributed by atoms with Gasteiger partial charge < -0.3 is 69.3 Å². The molecule has 2 fully saturated rings. The highest BCUT2D eigenvalue weighted by Gasteiger charge is 2.49. The molecule has 5 rings (SSSR count). The molecule has 3 aromatic rings. The summed E-state index contributed by atoms with van der Waals surface area (Å²) in [5.41, 5.74) is -0.831. The zero-order valence-corrected chi connectivity index (χ0v) is 22.1. The van der Waals surface area contributed by atoms with Crippen LogP contribution in [0.2, 0.25) is 0 Å². The van der Waals surface area contributed by atoms with Crippen molar-refractivity contribution in [3.05, 3.63) is 52.7 Å². The predicted molar refractivity (Wildman–Crippen MR) is 139 cm³/mol. The number of aliphatic hydroxyl groups is 6. The summed E-state index contributed by atoms with van der Waals surface area (Å²) in [4.78, 5) is 36.4. The van der Waals surface area contributed by atoms with E-state index in [9.17, 15) is 60.3 Å². The SMILES string of the molecule is O=C(O)[C@@H]1O[C@H](Oc2ccc(-c3oc4ccccc4c(=O)c3O[C@H]3O[C@@H](C(=O)O)[C@H](O)[C@@H](O)[C@@H]3O)cc2O)[C@@H](O)[C@H](O)[C@H]1O. The largest absolute Gasteiger partial charge is 0.504 e. The molecule has 0 spiro atoms. The molecule has 0 saturated carbocycles. The zero-order valence-electron chi connectivity index (χ0n) is 22.1. The molecule has 17 heteroatoms. The topological polar surface area (TPSA) is 283 Å². The first-order chi connectivity index (χ1) is 20.8. The van der Waals surface area contributed by atoms with E-state index in [0.717, 1.165) is 12.1 Å². The second kappa shape index (κ2) is 12.0. The molecule has 2 aliphatic rings. The molecule has 17 nitrogen and oxygen atoms in total. The van der Waals surface area contributed by atoms with Gasteiger partial charge in [0.2, 0.25) is 23.8 Å². The number of phenolic OH excluding ortho intramolecular Hbond substituents is 1. The summed E-state index contributed by atoms with van der Waals surface area (Å²) >= 11 is 0. The fraction of sp³-hybridized carbons (Fsp3) is 0.370. The maximum absolute atomic E-state index is 13.5. The summed E-state index contributed by atoms with van der Waals surface area (Å²) in [7, 11) is 0. The Morgan fingerprint density at radius 2 is 1.25 bits per heavy atom.